The molecule has 0 saturated heterocycles. The van der Waals surface area contributed by atoms with E-state index in [2.05, 4.69) is 21.2 Å². The molecule has 2 rings (SSSR count). The number of benzene rings is 2. The Balaban J connectivity index is 1.98. The first-order valence-corrected chi connectivity index (χ1v) is 7.68. The molecule has 1 N–H and O–H groups in total. The van der Waals surface area contributed by atoms with Gasteiger partial charge in [-0.25, -0.2) is 0 Å². The van der Waals surface area contributed by atoms with Crippen LogP contribution in [-0.4, -0.2) is 12.5 Å². The third kappa shape index (κ3) is 4.57. The Morgan fingerprint density at radius 1 is 1.14 bits per heavy atom. The van der Waals surface area contributed by atoms with E-state index < -0.39 is 0 Å². The molecule has 2 aromatic rings. The van der Waals surface area contributed by atoms with Crippen molar-refractivity contribution in [3.8, 4) is 6.07 Å². The van der Waals surface area contributed by atoms with Crippen molar-refractivity contribution in [2.75, 3.05) is 6.54 Å². The molecule has 4 heteroatoms. The molecule has 0 radical (unpaired) electrons. The predicted octanol–water partition coefficient (Wildman–Crippen LogP) is 3.71. The van der Waals surface area contributed by atoms with Crippen LogP contribution in [0.3, 0.4) is 0 Å². The van der Waals surface area contributed by atoms with Gasteiger partial charge in [-0.05, 0) is 29.7 Å². The predicted molar refractivity (Wildman–Crippen MR) is 90.9 cm³/mol. The molecule has 0 saturated carbocycles. The number of nitriles is 1. The van der Waals surface area contributed by atoms with Crippen molar-refractivity contribution >= 4 is 27.9 Å². The average molecular weight is 355 g/mol. The van der Waals surface area contributed by atoms with E-state index in [0.717, 1.165) is 22.0 Å². The lowest BCUT2D eigenvalue weighted by Crippen LogP contribution is -2.26. The smallest absolute Gasteiger partial charge is 0.261 e. The number of hydrogen-bond donors (Lipinski definition) is 1. The van der Waals surface area contributed by atoms with Crippen LogP contribution in [0.5, 0.6) is 0 Å². The van der Waals surface area contributed by atoms with E-state index in [1.54, 1.807) is 6.08 Å². The maximum absolute atomic E-state index is 12.1. The van der Waals surface area contributed by atoms with Crippen LogP contribution in [0.4, 0.5) is 0 Å². The van der Waals surface area contributed by atoms with Crippen molar-refractivity contribution in [2.24, 2.45) is 0 Å². The number of hydrogen-bond acceptors (Lipinski definition) is 2. The number of nitrogens with one attached hydrogen (secondary N) is 1. The van der Waals surface area contributed by atoms with E-state index in [1.165, 1.54) is 0 Å². The SMILES string of the molecule is N#C/C(=C/c1ccccc1Br)C(=O)NCCc1ccccc1. The zero-order valence-electron chi connectivity index (χ0n) is 11.9. The van der Waals surface area contributed by atoms with E-state index in [9.17, 15) is 10.1 Å². The van der Waals surface area contributed by atoms with E-state index in [4.69, 9.17) is 0 Å². The van der Waals surface area contributed by atoms with Gasteiger partial charge in [-0.1, -0.05) is 64.5 Å². The van der Waals surface area contributed by atoms with Gasteiger partial charge in [0.15, 0.2) is 0 Å². The Kier molecular flexibility index (Phi) is 5.93. The molecule has 0 aliphatic rings. The first kappa shape index (κ1) is 16.0. The highest BCUT2D eigenvalue weighted by Crippen LogP contribution is 2.18. The van der Waals surface area contributed by atoms with Gasteiger partial charge in [-0.2, -0.15) is 5.26 Å². The van der Waals surface area contributed by atoms with Crippen molar-refractivity contribution in [3.05, 3.63) is 75.8 Å². The monoisotopic (exact) mass is 354 g/mol. The second-order valence-corrected chi connectivity index (χ2v) is 5.54. The molecule has 0 bridgehead atoms. The van der Waals surface area contributed by atoms with Crippen LogP contribution in [-0.2, 0) is 11.2 Å². The maximum Gasteiger partial charge on any atom is 0.261 e. The highest BCUT2D eigenvalue weighted by molar-refractivity contribution is 9.10. The molecule has 22 heavy (non-hydrogen) atoms. The molecule has 0 unspecified atom stereocenters. The molecule has 0 aliphatic carbocycles. The third-order valence-corrected chi connectivity index (χ3v) is 3.83. The largest absolute Gasteiger partial charge is 0.351 e. The fourth-order valence-electron chi connectivity index (χ4n) is 1.96. The Morgan fingerprint density at radius 2 is 1.82 bits per heavy atom. The van der Waals surface area contributed by atoms with E-state index in [0.29, 0.717) is 6.54 Å². The van der Waals surface area contributed by atoms with Crippen molar-refractivity contribution in [3.63, 3.8) is 0 Å². The van der Waals surface area contributed by atoms with Gasteiger partial charge in [-0.3, -0.25) is 4.79 Å². The number of carbonyl (C=O) groups excluding carboxylic acids is 1. The Hall–Kier alpha value is -2.38. The summed E-state index contributed by atoms with van der Waals surface area (Å²) < 4.78 is 0.847. The van der Waals surface area contributed by atoms with Crippen molar-refractivity contribution in [2.45, 2.75) is 6.42 Å². The zero-order valence-corrected chi connectivity index (χ0v) is 13.5. The highest BCUT2D eigenvalue weighted by Gasteiger charge is 2.09. The van der Waals surface area contributed by atoms with Gasteiger partial charge in [0.2, 0.25) is 0 Å². The Labute approximate surface area is 138 Å². The summed E-state index contributed by atoms with van der Waals surface area (Å²) in [5.41, 5.74) is 2.05. The molecule has 0 atom stereocenters. The Bertz CT molecular complexity index is 717. The van der Waals surface area contributed by atoms with Crippen molar-refractivity contribution in [1.29, 1.82) is 5.26 Å². The summed E-state index contributed by atoms with van der Waals surface area (Å²) in [5.74, 6) is -0.353. The van der Waals surface area contributed by atoms with Gasteiger partial charge in [0, 0.05) is 11.0 Å². The minimum absolute atomic E-state index is 0.0972. The molecule has 110 valence electrons. The highest BCUT2D eigenvalue weighted by atomic mass is 79.9. The van der Waals surface area contributed by atoms with Crippen LogP contribution in [0.15, 0.2) is 64.6 Å². The number of carbonyl (C=O) groups is 1. The summed E-state index contributed by atoms with van der Waals surface area (Å²) in [6.07, 6.45) is 2.32. The van der Waals surface area contributed by atoms with Crippen LogP contribution in [0, 0.1) is 11.3 Å². The van der Waals surface area contributed by atoms with E-state index >= 15 is 0 Å². The molecule has 0 aliphatic heterocycles. The number of rotatable bonds is 5. The van der Waals surface area contributed by atoms with Gasteiger partial charge in [0.05, 0.1) is 0 Å². The van der Waals surface area contributed by atoms with Gasteiger partial charge in [0.1, 0.15) is 11.6 Å². The molecule has 0 heterocycles. The van der Waals surface area contributed by atoms with Crippen LogP contribution in [0.2, 0.25) is 0 Å². The zero-order chi connectivity index (χ0) is 15.8. The third-order valence-electron chi connectivity index (χ3n) is 3.11. The first-order chi connectivity index (χ1) is 10.7. The molecule has 2 aromatic carbocycles. The minimum atomic E-state index is -0.353. The molecular formula is C18H15BrN2O. The lowest BCUT2D eigenvalue weighted by atomic mass is 10.1. The van der Waals surface area contributed by atoms with Gasteiger partial charge < -0.3 is 5.32 Å². The fourth-order valence-corrected chi connectivity index (χ4v) is 2.36. The van der Waals surface area contributed by atoms with E-state index in [1.807, 2.05) is 60.7 Å². The number of halogens is 1. The second kappa shape index (κ2) is 8.16. The summed E-state index contributed by atoms with van der Waals surface area (Å²) in [5, 5.41) is 11.9. The summed E-state index contributed by atoms with van der Waals surface area (Å²) in [7, 11) is 0. The summed E-state index contributed by atoms with van der Waals surface area (Å²) >= 11 is 3.40. The lowest BCUT2D eigenvalue weighted by Gasteiger charge is -2.05. The average Bonchev–Trinajstić information content (AvgIpc) is 2.55. The fraction of sp³-hybridized carbons (Fsp3) is 0.111. The second-order valence-electron chi connectivity index (χ2n) is 4.68. The van der Waals surface area contributed by atoms with Crippen LogP contribution in [0.25, 0.3) is 6.08 Å². The van der Waals surface area contributed by atoms with Gasteiger partial charge in [0.25, 0.3) is 5.91 Å². The summed E-state index contributed by atoms with van der Waals surface area (Å²) in [6, 6.07) is 19.3. The lowest BCUT2D eigenvalue weighted by molar-refractivity contribution is -0.117. The number of nitrogens with zero attached hydrogens (tertiary/aromatic N) is 1. The van der Waals surface area contributed by atoms with Crippen LogP contribution >= 0.6 is 15.9 Å². The summed E-state index contributed by atoms with van der Waals surface area (Å²) in [4.78, 5) is 12.1. The van der Waals surface area contributed by atoms with Crippen LogP contribution in [0.1, 0.15) is 11.1 Å². The van der Waals surface area contributed by atoms with Gasteiger partial charge in [-0.15, -0.1) is 0 Å². The standard InChI is InChI=1S/C18H15BrN2O/c19-17-9-5-4-8-15(17)12-16(13-20)18(22)21-11-10-14-6-2-1-3-7-14/h1-9,12H,10-11H2,(H,21,22)/b16-12-. The number of amides is 1. The molecule has 0 fully saturated rings. The quantitative estimate of drug-likeness (QED) is 0.657. The van der Waals surface area contributed by atoms with Crippen molar-refractivity contribution in [1.82, 2.24) is 5.32 Å². The normalized spacial score (nSPS) is 10.8. The molecule has 1 amide bonds. The summed E-state index contributed by atoms with van der Waals surface area (Å²) in [6.45, 7) is 0.498. The van der Waals surface area contributed by atoms with Gasteiger partial charge >= 0.3 is 0 Å². The topological polar surface area (TPSA) is 52.9 Å². The maximum atomic E-state index is 12.1. The molecule has 0 spiro atoms. The van der Waals surface area contributed by atoms with E-state index in [-0.39, 0.29) is 11.5 Å². The molecular weight excluding hydrogens is 340 g/mol. The molecule has 3 nitrogen and oxygen atoms in total. The van der Waals surface area contributed by atoms with Crippen LogP contribution < -0.4 is 5.32 Å². The molecule has 0 aromatic heterocycles. The Morgan fingerprint density at radius 3 is 2.50 bits per heavy atom. The minimum Gasteiger partial charge on any atom is -0.351 e. The van der Waals surface area contributed by atoms with Crippen molar-refractivity contribution < 1.29 is 4.79 Å². The first-order valence-electron chi connectivity index (χ1n) is 6.89.